The number of thioether (sulfide) groups is 1. The zero-order chi connectivity index (χ0) is 19.1. The Morgan fingerprint density at radius 3 is 2.89 bits per heavy atom. The number of nitrogens with one attached hydrogen (secondary N) is 2. The lowest BCUT2D eigenvalue weighted by Gasteiger charge is -2.23. The number of aromatic nitrogens is 1. The fraction of sp³-hybridized carbons (Fsp3) is 0.263. The molecule has 4 rings (SSSR count). The van der Waals surface area contributed by atoms with E-state index in [0.29, 0.717) is 16.5 Å². The summed E-state index contributed by atoms with van der Waals surface area (Å²) in [5.74, 6) is -1.04. The molecule has 0 radical (unpaired) electrons. The summed E-state index contributed by atoms with van der Waals surface area (Å²) in [6.45, 7) is 1.68. The van der Waals surface area contributed by atoms with Gasteiger partial charge in [-0.05, 0) is 36.6 Å². The molecule has 2 aromatic heterocycles. The van der Waals surface area contributed by atoms with Gasteiger partial charge in [0, 0.05) is 11.4 Å². The Labute approximate surface area is 169 Å². The van der Waals surface area contributed by atoms with Crippen LogP contribution in [0.2, 0.25) is 4.34 Å². The fourth-order valence-corrected chi connectivity index (χ4v) is 5.81. The molecule has 0 unspecified atom stereocenters. The van der Waals surface area contributed by atoms with Crippen molar-refractivity contribution in [3.05, 3.63) is 57.6 Å². The number of halogens is 1. The van der Waals surface area contributed by atoms with Gasteiger partial charge >= 0.3 is 5.97 Å². The highest BCUT2D eigenvalue weighted by Gasteiger charge is 2.36. The van der Waals surface area contributed by atoms with Crippen molar-refractivity contribution in [2.45, 2.75) is 29.9 Å². The molecule has 1 aliphatic rings. The number of carboxylic acids is 1. The number of benzene rings is 1. The van der Waals surface area contributed by atoms with Gasteiger partial charge in [-0.15, -0.1) is 23.1 Å². The molecule has 3 N–H and O–H groups in total. The maximum atomic E-state index is 12.8. The smallest absolute Gasteiger partial charge is 0.316 e. The molecule has 0 aliphatic heterocycles. The van der Waals surface area contributed by atoms with Crippen LogP contribution in [0.3, 0.4) is 0 Å². The molecule has 0 spiro atoms. The van der Waals surface area contributed by atoms with E-state index in [2.05, 4.69) is 10.3 Å². The Hall–Kier alpha value is -1.96. The Morgan fingerprint density at radius 1 is 1.37 bits per heavy atom. The lowest BCUT2D eigenvalue weighted by molar-refractivity contribution is -0.136. The molecule has 0 saturated carbocycles. The summed E-state index contributed by atoms with van der Waals surface area (Å²) >= 11 is 8.75. The van der Waals surface area contributed by atoms with Gasteiger partial charge in [-0.25, -0.2) is 0 Å². The molecular weight excluding hydrogens is 404 g/mol. The number of thiophene rings is 1. The molecule has 2 heterocycles. The molecule has 5 nitrogen and oxygen atoms in total. The molecule has 1 amide bonds. The first-order chi connectivity index (χ1) is 12.9. The second-order valence-electron chi connectivity index (χ2n) is 6.54. The van der Waals surface area contributed by atoms with Gasteiger partial charge in [-0.3, -0.25) is 9.59 Å². The first-order valence-corrected chi connectivity index (χ1v) is 10.6. The summed E-state index contributed by atoms with van der Waals surface area (Å²) in [5.41, 5.74) is 2.73. The number of carboxylic acid groups (broad SMARTS) is 1. The summed E-state index contributed by atoms with van der Waals surface area (Å²) in [4.78, 5) is 28.1. The van der Waals surface area contributed by atoms with E-state index in [0.717, 1.165) is 21.3 Å². The van der Waals surface area contributed by atoms with Crippen LogP contribution < -0.4 is 5.32 Å². The highest BCUT2D eigenvalue weighted by Crippen LogP contribution is 2.43. The Balaban J connectivity index is 1.56. The van der Waals surface area contributed by atoms with Crippen molar-refractivity contribution in [1.82, 2.24) is 10.3 Å². The van der Waals surface area contributed by atoms with E-state index in [1.165, 1.54) is 23.1 Å². The summed E-state index contributed by atoms with van der Waals surface area (Å²) < 4.78 is 0.675. The third-order valence-electron chi connectivity index (χ3n) is 4.71. The third kappa shape index (κ3) is 3.59. The summed E-state index contributed by atoms with van der Waals surface area (Å²) in [5, 5.41) is 12.6. The number of fused-ring (bicyclic) bond motifs is 2. The number of H-pyrrole nitrogens is 1. The molecule has 27 heavy (non-hydrogen) atoms. The molecule has 3 atom stereocenters. The van der Waals surface area contributed by atoms with Gasteiger partial charge in [0.2, 0.25) is 0 Å². The van der Waals surface area contributed by atoms with Crippen molar-refractivity contribution in [3.8, 4) is 0 Å². The summed E-state index contributed by atoms with van der Waals surface area (Å²) in [6.07, 6.45) is 0.687. The van der Waals surface area contributed by atoms with Gasteiger partial charge in [-0.2, -0.15) is 0 Å². The van der Waals surface area contributed by atoms with Gasteiger partial charge in [0.05, 0.1) is 9.59 Å². The van der Waals surface area contributed by atoms with Crippen molar-refractivity contribution < 1.29 is 14.7 Å². The molecule has 0 fully saturated rings. The van der Waals surface area contributed by atoms with E-state index in [1.54, 1.807) is 13.0 Å². The number of aliphatic carboxylic acids is 1. The van der Waals surface area contributed by atoms with Crippen LogP contribution in [0, 0.1) is 0 Å². The van der Waals surface area contributed by atoms with Crippen molar-refractivity contribution in [2.75, 3.05) is 0 Å². The topological polar surface area (TPSA) is 82.2 Å². The number of carbonyl (C=O) groups is 2. The van der Waals surface area contributed by atoms with Crippen LogP contribution in [-0.2, 0) is 11.2 Å². The van der Waals surface area contributed by atoms with Crippen molar-refractivity contribution >= 4 is 56.8 Å². The molecule has 8 heteroatoms. The largest absolute Gasteiger partial charge is 0.480 e. The van der Waals surface area contributed by atoms with Crippen molar-refractivity contribution in [2.24, 2.45) is 0 Å². The van der Waals surface area contributed by atoms with E-state index in [1.807, 2.05) is 30.3 Å². The van der Waals surface area contributed by atoms with E-state index >= 15 is 0 Å². The van der Waals surface area contributed by atoms with E-state index < -0.39 is 11.2 Å². The number of hydrogen-bond donors (Lipinski definition) is 3. The first-order valence-electron chi connectivity index (χ1n) is 8.47. The first kappa shape index (κ1) is 18.4. The summed E-state index contributed by atoms with van der Waals surface area (Å²) in [6, 6.07) is 11.4. The number of carbonyl (C=O) groups excluding carboxylic acids is 1. The predicted molar refractivity (Wildman–Crippen MR) is 110 cm³/mol. The molecule has 1 aliphatic carbocycles. The van der Waals surface area contributed by atoms with Gasteiger partial charge in [0.15, 0.2) is 0 Å². The maximum Gasteiger partial charge on any atom is 0.316 e. The number of amides is 1. The minimum Gasteiger partial charge on any atom is -0.480 e. The van der Waals surface area contributed by atoms with E-state index in [9.17, 15) is 14.7 Å². The average molecular weight is 421 g/mol. The second kappa shape index (κ2) is 7.22. The van der Waals surface area contributed by atoms with Crippen molar-refractivity contribution in [1.29, 1.82) is 0 Å². The normalized spacial score (nSPS) is 19.8. The van der Waals surface area contributed by atoms with Gasteiger partial charge in [-0.1, -0.05) is 35.9 Å². The lowest BCUT2D eigenvalue weighted by Crippen LogP contribution is -2.37. The lowest BCUT2D eigenvalue weighted by atomic mass is 10.1. The maximum absolute atomic E-state index is 12.8. The standard InChI is InChI=1S/C19H17ClN2O3S2/c1-9(19(24)25)26-16-12-5-3-2-4-10(12)6-13(16)21-17(23)14-7-11-8-15(20)27-18(11)22-14/h2-5,7-9,13,16,22H,6H2,1H3,(H,21,23)(H,24,25)/t9-,13-,16-/m1/s1. The number of aromatic amines is 1. The second-order valence-corrected chi connectivity index (χ2v) is 9.71. The molecule has 0 saturated heterocycles. The predicted octanol–water partition coefficient (Wildman–Crippen LogP) is 4.48. The Kier molecular flexibility index (Phi) is 4.92. The van der Waals surface area contributed by atoms with Crippen LogP contribution in [0.1, 0.15) is 33.8 Å². The molecule has 1 aromatic carbocycles. The minimum absolute atomic E-state index is 0.0956. The Bertz CT molecular complexity index is 998. The number of hydrogen-bond acceptors (Lipinski definition) is 4. The van der Waals surface area contributed by atoms with E-state index in [-0.39, 0.29) is 17.2 Å². The highest BCUT2D eigenvalue weighted by atomic mass is 35.5. The van der Waals surface area contributed by atoms with Crippen LogP contribution in [0.25, 0.3) is 10.2 Å². The molecule has 0 bridgehead atoms. The average Bonchev–Trinajstić information content (AvgIpc) is 3.26. The van der Waals surface area contributed by atoms with Crippen molar-refractivity contribution in [3.63, 3.8) is 0 Å². The van der Waals surface area contributed by atoms with Gasteiger partial charge in [0.25, 0.3) is 5.91 Å². The van der Waals surface area contributed by atoms with Gasteiger partial charge < -0.3 is 15.4 Å². The van der Waals surface area contributed by atoms with Crippen LogP contribution in [-0.4, -0.2) is 33.3 Å². The van der Waals surface area contributed by atoms with Gasteiger partial charge in [0.1, 0.15) is 15.8 Å². The summed E-state index contributed by atoms with van der Waals surface area (Å²) in [7, 11) is 0. The van der Waals surface area contributed by atoms with Crippen LogP contribution in [0.4, 0.5) is 0 Å². The zero-order valence-electron chi connectivity index (χ0n) is 14.4. The minimum atomic E-state index is -0.851. The third-order valence-corrected chi connectivity index (χ3v) is 7.39. The molecule has 3 aromatic rings. The highest BCUT2D eigenvalue weighted by molar-refractivity contribution is 8.00. The van der Waals surface area contributed by atoms with Crippen LogP contribution in [0.5, 0.6) is 0 Å². The SMILES string of the molecule is C[C@@H](S[C@@H]1c2ccccc2C[C@H]1NC(=O)c1cc2cc(Cl)sc2[nH]1)C(=O)O. The zero-order valence-corrected chi connectivity index (χ0v) is 16.8. The fourth-order valence-electron chi connectivity index (χ4n) is 3.39. The van der Waals surface area contributed by atoms with Crippen LogP contribution >= 0.6 is 34.7 Å². The molecule has 140 valence electrons. The Morgan fingerprint density at radius 2 is 2.15 bits per heavy atom. The van der Waals surface area contributed by atoms with E-state index in [4.69, 9.17) is 11.6 Å². The monoisotopic (exact) mass is 420 g/mol. The quantitative estimate of drug-likeness (QED) is 0.568. The molecular formula is C19H17ClN2O3S2. The van der Waals surface area contributed by atoms with Crippen LogP contribution in [0.15, 0.2) is 36.4 Å². The number of rotatable bonds is 5.